The highest BCUT2D eigenvalue weighted by atomic mass is 35.5. The van der Waals surface area contributed by atoms with E-state index in [1.165, 1.54) is 64.7 Å². The van der Waals surface area contributed by atoms with E-state index in [0.717, 1.165) is 0 Å². The van der Waals surface area contributed by atoms with Crippen molar-refractivity contribution in [3.63, 3.8) is 0 Å². The van der Waals surface area contributed by atoms with Gasteiger partial charge in [-0.25, -0.2) is 14.8 Å². The molecule has 94 valence electrons. The minimum atomic E-state index is -1.36. The smallest absolute Gasteiger partial charge is 0.401 e. The highest BCUT2D eigenvalue weighted by Crippen LogP contribution is 2.16. The summed E-state index contributed by atoms with van der Waals surface area (Å²) in [4.78, 5) is 8.77. The molecule has 0 aromatic rings. The Labute approximate surface area is 102 Å². The van der Waals surface area contributed by atoms with Crippen molar-refractivity contribution in [2.45, 2.75) is 38.5 Å². The molecule has 0 bridgehead atoms. The Morgan fingerprint density at radius 1 is 0.812 bits per heavy atom. The molecule has 0 unspecified atom stereocenters. The van der Waals surface area contributed by atoms with Crippen LogP contribution in [0.2, 0.25) is 0 Å². The average molecular weight is 249 g/mol. The third-order valence-electron chi connectivity index (χ3n) is 3.06. The molecule has 16 heavy (non-hydrogen) atoms. The Balaban J connectivity index is 0.000000280. The van der Waals surface area contributed by atoms with Crippen LogP contribution in [0.25, 0.3) is 0 Å². The molecule has 0 amide bonds. The second-order valence-corrected chi connectivity index (χ2v) is 4.60. The summed E-state index contributed by atoms with van der Waals surface area (Å²) in [5, 5.41) is 12.4. The van der Waals surface area contributed by atoms with E-state index in [4.69, 9.17) is 9.90 Å². The standard InChI is InChI=1S/C10H20N2.CHClO2/c1-3-7-11(8-4-1)12-9-5-2-6-10-12;2-1(3)4/h1-10H2;(H,3,4). The average Bonchev–Trinajstić information content (AvgIpc) is 2.31. The summed E-state index contributed by atoms with van der Waals surface area (Å²) in [7, 11) is 0. The number of rotatable bonds is 1. The summed E-state index contributed by atoms with van der Waals surface area (Å²) in [6, 6.07) is 0. The predicted octanol–water partition coefficient (Wildman–Crippen LogP) is 2.78. The summed E-state index contributed by atoms with van der Waals surface area (Å²) < 4.78 is 0. The molecular formula is C11H21ClN2O2. The molecule has 0 radical (unpaired) electrons. The van der Waals surface area contributed by atoms with Crippen molar-refractivity contribution in [3.05, 3.63) is 0 Å². The molecule has 0 atom stereocenters. The van der Waals surface area contributed by atoms with Crippen LogP contribution in [0.15, 0.2) is 0 Å². The summed E-state index contributed by atoms with van der Waals surface area (Å²) in [5.74, 6) is 0. The zero-order valence-corrected chi connectivity index (χ0v) is 10.5. The lowest BCUT2D eigenvalue weighted by Crippen LogP contribution is -2.47. The van der Waals surface area contributed by atoms with Crippen LogP contribution in [0, 0.1) is 0 Å². The quantitative estimate of drug-likeness (QED) is 0.725. The molecule has 0 spiro atoms. The molecule has 2 aliphatic rings. The highest BCUT2D eigenvalue weighted by Gasteiger charge is 2.19. The molecule has 0 aromatic carbocycles. The molecular weight excluding hydrogens is 228 g/mol. The number of hydrazine groups is 1. The van der Waals surface area contributed by atoms with E-state index in [0.29, 0.717) is 0 Å². The topological polar surface area (TPSA) is 43.8 Å². The van der Waals surface area contributed by atoms with Gasteiger partial charge in [-0.05, 0) is 25.7 Å². The van der Waals surface area contributed by atoms with Gasteiger partial charge in [-0.2, -0.15) is 0 Å². The summed E-state index contributed by atoms with van der Waals surface area (Å²) in [6.45, 7) is 5.28. The maximum atomic E-state index is 8.77. The number of carbonyl (C=O) groups is 1. The Morgan fingerprint density at radius 3 is 1.31 bits per heavy atom. The fraction of sp³-hybridized carbons (Fsp3) is 0.909. The van der Waals surface area contributed by atoms with E-state index in [-0.39, 0.29) is 0 Å². The lowest BCUT2D eigenvalue weighted by Gasteiger charge is -2.39. The van der Waals surface area contributed by atoms with Crippen molar-refractivity contribution in [1.29, 1.82) is 0 Å². The van der Waals surface area contributed by atoms with Crippen molar-refractivity contribution in [2.75, 3.05) is 26.2 Å². The lowest BCUT2D eigenvalue weighted by atomic mass is 10.1. The third-order valence-corrected chi connectivity index (χ3v) is 3.06. The first-order chi connectivity index (χ1) is 7.70. The number of nitrogens with zero attached hydrogens (tertiary/aromatic N) is 2. The van der Waals surface area contributed by atoms with Gasteiger partial charge in [-0.1, -0.05) is 12.8 Å². The van der Waals surface area contributed by atoms with Gasteiger partial charge in [0.2, 0.25) is 0 Å². The van der Waals surface area contributed by atoms with Gasteiger partial charge in [0.25, 0.3) is 0 Å². The molecule has 2 aliphatic heterocycles. The first-order valence-corrected chi connectivity index (χ1v) is 6.46. The molecule has 0 saturated carbocycles. The van der Waals surface area contributed by atoms with Gasteiger partial charge in [0.15, 0.2) is 0 Å². The predicted molar refractivity (Wildman–Crippen MR) is 64.7 cm³/mol. The summed E-state index contributed by atoms with van der Waals surface area (Å²) in [6.07, 6.45) is 8.55. The minimum Gasteiger partial charge on any atom is -0.469 e. The first-order valence-electron chi connectivity index (χ1n) is 6.08. The van der Waals surface area contributed by atoms with Gasteiger partial charge in [-0.3, -0.25) is 0 Å². The van der Waals surface area contributed by atoms with Crippen molar-refractivity contribution in [3.8, 4) is 0 Å². The summed E-state index contributed by atoms with van der Waals surface area (Å²) in [5.41, 5.74) is -1.36. The molecule has 5 heteroatoms. The molecule has 0 aromatic heterocycles. The van der Waals surface area contributed by atoms with Gasteiger partial charge in [0.1, 0.15) is 0 Å². The van der Waals surface area contributed by atoms with Crippen LogP contribution in [0.1, 0.15) is 38.5 Å². The van der Waals surface area contributed by atoms with E-state index in [2.05, 4.69) is 21.6 Å². The normalized spacial score (nSPS) is 23.3. The fourth-order valence-electron chi connectivity index (χ4n) is 2.32. The van der Waals surface area contributed by atoms with Gasteiger partial charge in [-0.15, -0.1) is 0 Å². The number of halogens is 1. The van der Waals surface area contributed by atoms with E-state index >= 15 is 0 Å². The van der Waals surface area contributed by atoms with E-state index in [1.54, 1.807) is 0 Å². The van der Waals surface area contributed by atoms with E-state index in [9.17, 15) is 0 Å². The molecule has 2 fully saturated rings. The molecule has 2 saturated heterocycles. The minimum absolute atomic E-state index is 1.32. The second-order valence-electron chi connectivity index (χ2n) is 4.28. The van der Waals surface area contributed by atoms with Gasteiger partial charge < -0.3 is 5.11 Å². The molecule has 1 N–H and O–H groups in total. The van der Waals surface area contributed by atoms with Crippen LogP contribution in [0.4, 0.5) is 4.79 Å². The largest absolute Gasteiger partial charge is 0.469 e. The molecule has 2 heterocycles. The molecule has 2 rings (SSSR count). The maximum absolute atomic E-state index is 8.77. The van der Waals surface area contributed by atoms with Crippen molar-refractivity contribution in [1.82, 2.24) is 10.0 Å². The Bertz CT molecular complexity index is 182. The van der Waals surface area contributed by atoms with Crippen LogP contribution in [-0.4, -0.2) is 46.7 Å². The number of hydrogen-bond acceptors (Lipinski definition) is 3. The maximum Gasteiger partial charge on any atom is 0.401 e. The van der Waals surface area contributed by atoms with Crippen molar-refractivity contribution >= 4 is 17.0 Å². The summed E-state index contributed by atoms with van der Waals surface area (Å²) >= 11 is 4.19. The van der Waals surface area contributed by atoms with Crippen LogP contribution in [0.5, 0.6) is 0 Å². The SMILES string of the molecule is C1CCN(N2CCCCC2)CC1.O=C(O)Cl. The number of hydrogen-bond donors (Lipinski definition) is 1. The number of piperidine rings is 2. The van der Waals surface area contributed by atoms with Crippen molar-refractivity contribution < 1.29 is 9.90 Å². The zero-order chi connectivity index (χ0) is 11.8. The second kappa shape index (κ2) is 7.87. The van der Waals surface area contributed by atoms with E-state index in [1.807, 2.05) is 0 Å². The molecule has 4 nitrogen and oxygen atoms in total. The van der Waals surface area contributed by atoms with Crippen LogP contribution in [0.3, 0.4) is 0 Å². The van der Waals surface area contributed by atoms with Gasteiger partial charge >= 0.3 is 5.43 Å². The third kappa shape index (κ3) is 5.68. The number of carboxylic acid groups (broad SMARTS) is 1. The fourth-order valence-corrected chi connectivity index (χ4v) is 2.32. The van der Waals surface area contributed by atoms with Crippen LogP contribution in [-0.2, 0) is 0 Å². The van der Waals surface area contributed by atoms with Crippen molar-refractivity contribution in [2.24, 2.45) is 0 Å². The lowest BCUT2D eigenvalue weighted by molar-refractivity contribution is -0.0518. The Kier molecular flexibility index (Phi) is 6.76. The van der Waals surface area contributed by atoms with Gasteiger partial charge in [0, 0.05) is 37.8 Å². The molecule has 0 aliphatic carbocycles. The monoisotopic (exact) mass is 248 g/mol. The van der Waals surface area contributed by atoms with Gasteiger partial charge in [0.05, 0.1) is 0 Å². The first kappa shape index (κ1) is 13.7. The Hall–Kier alpha value is -0.320. The van der Waals surface area contributed by atoms with E-state index < -0.39 is 5.43 Å². The van der Waals surface area contributed by atoms with Crippen LogP contribution < -0.4 is 0 Å². The zero-order valence-electron chi connectivity index (χ0n) is 9.70. The highest BCUT2D eigenvalue weighted by molar-refractivity contribution is 6.60. The van der Waals surface area contributed by atoms with Crippen LogP contribution >= 0.6 is 11.6 Å². The Morgan fingerprint density at radius 2 is 1.06 bits per heavy atom.